The van der Waals surface area contributed by atoms with Crippen molar-refractivity contribution in [1.29, 1.82) is 0 Å². The van der Waals surface area contributed by atoms with Crippen LogP contribution in [0.3, 0.4) is 0 Å². The lowest BCUT2D eigenvalue weighted by molar-refractivity contribution is 0.0739. The van der Waals surface area contributed by atoms with Crippen molar-refractivity contribution in [3.8, 4) is 0 Å². The first-order valence-electron chi connectivity index (χ1n) is 8.91. The van der Waals surface area contributed by atoms with Gasteiger partial charge in [-0.3, -0.25) is 0 Å². The average molecular weight is 412 g/mol. The van der Waals surface area contributed by atoms with Gasteiger partial charge >= 0.3 is 0 Å². The fourth-order valence-electron chi connectivity index (χ4n) is 3.48. The Hall–Kier alpha value is -1.63. The Bertz CT molecular complexity index is 907. The summed E-state index contributed by atoms with van der Waals surface area (Å²) in [7, 11) is -3.77. The zero-order chi connectivity index (χ0) is 19.7. The van der Waals surface area contributed by atoms with Gasteiger partial charge in [-0.25, -0.2) is 12.8 Å². The van der Waals surface area contributed by atoms with Gasteiger partial charge in [-0.2, -0.15) is 0 Å². The summed E-state index contributed by atoms with van der Waals surface area (Å²) in [5, 5.41) is 3.49. The standard InChI is InChI=1S/C20H23ClFNO3S/c1-14(2)23-19-8-3-15(13-18(19)22)20(9-11-26-12-10-20)27(24,25)17-6-4-16(21)5-7-17/h3-8,13-14,23H,9-12H2,1-2H3. The summed E-state index contributed by atoms with van der Waals surface area (Å²) in [6.07, 6.45) is 0.544. The summed E-state index contributed by atoms with van der Waals surface area (Å²) in [4.78, 5) is 0.179. The lowest BCUT2D eigenvalue weighted by Crippen LogP contribution is -2.41. The Labute approximate surface area is 164 Å². The van der Waals surface area contributed by atoms with Crippen LogP contribution in [0, 0.1) is 5.82 Å². The third-order valence-corrected chi connectivity index (χ3v) is 7.70. The van der Waals surface area contributed by atoms with Gasteiger partial charge < -0.3 is 10.1 Å². The zero-order valence-corrected chi connectivity index (χ0v) is 16.9. The molecule has 27 heavy (non-hydrogen) atoms. The highest BCUT2D eigenvalue weighted by Gasteiger charge is 2.47. The number of hydrogen-bond donors (Lipinski definition) is 1. The summed E-state index contributed by atoms with van der Waals surface area (Å²) in [5.41, 5.74) is 0.812. The molecule has 146 valence electrons. The van der Waals surface area contributed by atoms with Gasteiger partial charge in [0.1, 0.15) is 10.6 Å². The monoisotopic (exact) mass is 411 g/mol. The molecule has 0 unspecified atom stereocenters. The van der Waals surface area contributed by atoms with Crippen molar-refractivity contribution in [3.63, 3.8) is 0 Å². The Morgan fingerprint density at radius 3 is 2.30 bits per heavy atom. The van der Waals surface area contributed by atoms with E-state index in [-0.39, 0.29) is 23.8 Å². The molecule has 1 aliphatic rings. The number of hydrogen-bond acceptors (Lipinski definition) is 4. The van der Waals surface area contributed by atoms with E-state index in [0.717, 1.165) is 0 Å². The molecular formula is C20H23ClFNO3S. The average Bonchev–Trinajstić information content (AvgIpc) is 2.64. The van der Waals surface area contributed by atoms with Crippen LogP contribution in [0.5, 0.6) is 0 Å². The van der Waals surface area contributed by atoms with Crippen LogP contribution in [0.4, 0.5) is 10.1 Å². The number of sulfone groups is 1. The summed E-state index contributed by atoms with van der Waals surface area (Å²) >= 11 is 5.91. The Morgan fingerprint density at radius 1 is 1.11 bits per heavy atom. The summed E-state index contributed by atoms with van der Waals surface area (Å²) in [6, 6.07) is 10.8. The Morgan fingerprint density at radius 2 is 1.74 bits per heavy atom. The molecule has 0 aromatic heterocycles. The minimum absolute atomic E-state index is 0.0696. The molecule has 4 nitrogen and oxygen atoms in total. The van der Waals surface area contributed by atoms with E-state index in [1.807, 2.05) is 13.8 Å². The van der Waals surface area contributed by atoms with Crippen molar-refractivity contribution in [2.45, 2.75) is 42.4 Å². The lowest BCUT2D eigenvalue weighted by Gasteiger charge is -2.37. The summed E-state index contributed by atoms with van der Waals surface area (Å²) in [5.74, 6) is -0.460. The number of halogens is 2. The Balaban J connectivity index is 2.10. The van der Waals surface area contributed by atoms with Gasteiger partial charge in [0, 0.05) is 24.3 Å². The van der Waals surface area contributed by atoms with Crippen molar-refractivity contribution in [2.24, 2.45) is 0 Å². The number of ether oxygens (including phenoxy) is 1. The fourth-order valence-corrected chi connectivity index (χ4v) is 5.69. The quantitative estimate of drug-likeness (QED) is 0.769. The molecule has 0 radical (unpaired) electrons. The van der Waals surface area contributed by atoms with E-state index in [4.69, 9.17) is 16.3 Å². The van der Waals surface area contributed by atoms with E-state index in [0.29, 0.717) is 29.5 Å². The number of benzene rings is 2. The van der Waals surface area contributed by atoms with Gasteiger partial charge in [0.05, 0.1) is 10.6 Å². The van der Waals surface area contributed by atoms with Gasteiger partial charge in [0.2, 0.25) is 0 Å². The van der Waals surface area contributed by atoms with E-state index in [1.54, 1.807) is 24.3 Å². The normalized spacial score (nSPS) is 17.1. The van der Waals surface area contributed by atoms with Crippen LogP contribution >= 0.6 is 11.6 Å². The van der Waals surface area contributed by atoms with Crippen molar-refractivity contribution in [2.75, 3.05) is 18.5 Å². The first kappa shape index (κ1) is 20.1. The second-order valence-corrected chi connectivity index (χ2v) is 9.75. The molecule has 0 saturated carbocycles. The molecule has 1 heterocycles. The predicted octanol–water partition coefficient (Wildman–Crippen LogP) is 4.78. The van der Waals surface area contributed by atoms with Crippen molar-refractivity contribution in [3.05, 3.63) is 58.9 Å². The lowest BCUT2D eigenvalue weighted by atomic mass is 9.90. The first-order chi connectivity index (χ1) is 12.8. The van der Waals surface area contributed by atoms with Crippen molar-refractivity contribution < 1.29 is 17.5 Å². The van der Waals surface area contributed by atoms with Gasteiger partial charge in [0.25, 0.3) is 0 Å². The highest BCUT2D eigenvalue weighted by Crippen LogP contribution is 2.44. The van der Waals surface area contributed by atoms with Crippen LogP contribution in [0.1, 0.15) is 32.3 Å². The minimum atomic E-state index is -3.77. The number of rotatable bonds is 5. The van der Waals surface area contributed by atoms with Gasteiger partial charge in [-0.15, -0.1) is 0 Å². The molecule has 2 aromatic rings. The second kappa shape index (κ2) is 7.78. The molecule has 7 heteroatoms. The molecule has 1 fully saturated rings. The van der Waals surface area contributed by atoms with E-state index >= 15 is 0 Å². The largest absolute Gasteiger partial charge is 0.381 e. The molecular weight excluding hydrogens is 389 g/mol. The highest BCUT2D eigenvalue weighted by molar-refractivity contribution is 7.92. The Kier molecular flexibility index (Phi) is 5.79. The molecule has 0 bridgehead atoms. The van der Waals surface area contributed by atoms with E-state index in [2.05, 4.69) is 5.32 Å². The zero-order valence-electron chi connectivity index (χ0n) is 15.3. The molecule has 2 aromatic carbocycles. The molecule has 1 N–H and O–H groups in total. The van der Waals surface area contributed by atoms with E-state index < -0.39 is 20.4 Å². The molecule has 0 spiro atoms. The van der Waals surface area contributed by atoms with Gasteiger partial charge in [-0.1, -0.05) is 17.7 Å². The molecule has 1 aliphatic heterocycles. The van der Waals surface area contributed by atoms with Crippen molar-refractivity contribution >= 4 is 27.1 Å². The van der Waals surface area contributed by atoms with Crippen LogP contribution in [0.25, 0.3) is 0 Å². The third kappa shape index (κ3) is 3.84. The van der Waals surface area contributed by atoms with Crippen LogP contribution in [0.2, 0.25) is 5.02 Å². The first-order valence-corrected chi connectivity index (χ1v) is 10.8. The highest BCUT2D eigenvalue weighted by atomic mass is 35.5. The van der Waals surface area contributed by atoms with Gasteiger partial charge in [-0.05, 0) is 68.7 Å². The van der Waals surface area contributed by atoms with E-state index in [1.165, 1.54) is 18.2 Å². The maximum absolute atomic E-state index is 14.7. The molecule has 0 amide bonds. The van der Waals surface area contributed by atoms with Gasteiger partial charge in [0.15, 0.2) is 9.84 Å². The minimum Gasteiger partial charge on any atom is -0.381 e. The van der Waals surface area contributed by atoms with Crippen LogP contribution < -0.4 is 5.32 Å². The topological polar surface area (TPSA) is 55.4 Å². The van der Waals surface area contributed by atoms with Crippen LogP contribution in [-0.2, 0) is 19.3 Å². The molecule has 0 aliphatic carbocycles. The fraction of sp³-hybridized carbons (Fsp3) is 0.400. The van der Waals surface area contributed by atoms with Crippen molar-refractivity contribution in [1.82, 2.24) is 0 Å². The maximum Gasteiger partial charge on any atom is 0.188 e. The molecule has 3 rings (SSSR count). The van der Waals surface area contributed by atoms with Crippen LogP contribution in [-0.4, -0.2) is 27.7 Å². The SMILES string of the molecule is CC(C)Nc1ccc(C2(S(=O)(=O)c3ccc(Cl)cc3)CCOCC2)cc1F. The molecule has 1 saturated heterocycles. The second-order valence-electron chi connectivity index (χ2n) is 7.06. The third-order valence-electron chi connectivity index (χ3n) is 4.88. The predicted molar refractivity (Wildman–Crippen MR) is 106 cm³/mol. The summed E-state index contributed by atoms with van der Waals surface area (Å²) < 4.78 is 46.0. The maximum atomic E-state index is 14.7. The molecule has 0 atom stereocenters. The summed E-state index contributed by atoms with van der Waals surface area (Å²) in [6.45, 7) is 4.44. The number of anilines is 1. The number of nitrogens with one attached hydrogen (secondary N) is 1. The van der Waals surface area contributed by atoms with E-state index in [9.17, 15) is 12.8 Å². The van der Waals surface area contributed by atoms with Crippen LogP contribution in [0.15, 0.2) is 47.4 Å². The smallest absolute Gasteiger partial charge is 0.188 e.